The first-order chi connectivity index (χ1) is 16.1. The molecule has 0 spiro atoms. The molecule has 0 saturated carbocycles. The van der Waals surface area contributed by atoms with Crippen molar-refractivity contribution in [2.45, 2.75) is 25.0 Å². The summed E-state index contributed by atoms with van der Waals surface area (Å²) in [6.07, 6.45) is 13.1. The third kappa shape index (κ3) is 4.12. The number of pyridine rings is 1. The maximum atomic E-state index is 10.2. The van der Waals surface area contributed by atoms with E-state index in [1.54, 1.807) is 6.33 Å². The molecule has 1 aliphatic rings. The minimum absolute atomic E-state index is 0.370. The Morgan fingerprint density at radius 2 is 1.91 bits per heavy atom. The average molecular weight is 457 g/mol. The summed E-state index contributed by atoms with van der Waals surface area (Å²) in [4.78, 5) is 13.6. The van der Waals surface area contributed by atoms with E-state index in [2.05, 4.69) is 51.7 Å². The smallest absolute Gasteiger partial charge is 0.145 e. The van der Waals surface area contributed by atoms with E-state index in [1.807, 2.05) is 41.4 Å². The molecule has 1 aromatic carbocycles. The summed E-state index contributed by atoms with van der Waals surface area (Å²) in [6.45, 7) is 1.20. The number of nitrogens with zero attached hydrogens (tertiary/aromatic N) is 5. The number of hydrogen-bond donors (Lipinski definition) is 0. The largest absolute Gasteiger partial charge is 0.356 e. The van der Waals surface area contributed by atoms with Crippen LogP contribution < -0.4 is 0 Å². The van der Waals surface area contributed by atoms with Gasteiger partial charge in [-0.25, -0.2) is 9.97 Å². The summed E-state index contributed by atoms with van der Waals surface area (Å²) in [5.74, 6) is 1.06. The average Bonchev–Trinajstić information content (AvgIpc) is 3.44. The predicted octanol–water partition coefficient (Wildman–Crippen LogP) is 3.91. The van der Waals surface area contributed by atoms with Crippen LogP contribution in [0, 0.1) is 11.3 Å². The SMILES string of the molecule is C[S+](C)CCOCn1ccc2c(-c3cncc(C4(C#N)Cc5ccccc5C4)c3)ncnc21. The van der Waals surface area contributed by atoms with Crippen molar-refractivity contribution in [3.05, 3.63) is 78.0 Å². The van der Waals surface area contributed by atoms with E-state index in [0.29, 0.717) is 30.5 Å². The van der Waals surface area contributed by atoms with Crippen LogP contribution in [-0.4, -0.2) is 44.4 Å². The van der Waals surface area contributed by atoms with Crippen molar-refractivity contribution < 1.29 is 4.74 Å². The third-order valence-corrected chi connectivity index (χ3v) is 7.29. The second-order valence-corrected chi connectivity index (χ2v) is 11.1. The van der Waals surface area contributed by atoms with E-state index in [4.69, 9.17) is 4.74 Å². The van der Waals surface area contributed by atoms with Gasteiger partial charge in [-0.15, -0.1) is 0 Å². The molecule has 0 fully saturated rings. The molecule has 0 aliphatic heterocycles. The van der Waals surface area contributed by atoms with E-state index in [1.165, 1.54) is 11.1 Å². The van der Waals surface area contributed by atoms with Crippen LogP contribution in [0.4, 0.5) is 0 Å². The highest BCUT2D eigenvalue weighted by molar-refractivity contribution is 7.95. The van der Waals surface area contributed by atoms with Crippen LogP contribution in [0.1, 0.15) is 16.7 Å². The molecule has 0 unspecified atom stereocenters. The van der Waals surface area contributed by atoms with Gasteiger partial charge < -0.3 is 9.30 Å². The minimum atomic E-state index is -0.601. The Kier molecular flexibility index (Phi) is 5.88. The second kappa shape index (κ2) is 8.97. The van der Waals surface area contributed by atoms with E-state index in [9.17, 15) is 5.26 Å². The zero-order chi connectivity index (χ0) is 22.8. The zero-order valence-electron chi connectivity index (χ0n) is 18.9. The minimum Gasteiger partial charge on any atom is -0.356 e. The number of fused-ring (bicyclic) bond motifs is 2. The van der Waals surface area contributed by atoms with Gasteiger partial charge in [0.25, 0.3) is 0 Å². The number of benzene rings is 1. The van der Waals surface area contributed by atoms with Crippen LogP contribution in [0.5, 0.6) is 0 Å². The van der Waals surface area contributed by atoms with Crippen molar-refractivity contribution in [1.29, 1.82) is 5.26 Å². The van der Waals surface area contributed by atoms with Crippen LogP contribution in [0.15, 0.2) is 61.3 Å². The molecule has 0 N–H and O–H groups in total. The van der Waals surface area contributed by atoms with Crippen LogP contribution in [0.25, 0.3) is 22.3 Å². The summed E-state index contributed by atoms with van der Waals surface area (Å²) in [5, 5.41) is 11.1. The van der Waals surface area contributed by atoms with Gasteiger partial charge >= 0.3 is 0 Å². The molecule has 3 heterocycles. The summed E-state index contributed by atoms with van der Waals surface area (Å²) in [6, 6.07) is 15.0. The molecule has 0 radical (unpaired) electrons. The number of rotatable bonds is 7. The fourth-order valence-electron chi connectivity index (χ4n) is 4.52. The van der Waals surface area contributed by atoms with Crippen LogP contribution in [-0.2, 0) is 40.6 Å². The summed E-state index contributed by atoms with van der Waals surface area (Å²) in [7, 11) is 0.370. The van der Waals surface area contributed by atoms with Gasteiger partial charge in [-0.3, -0.25) is 4.98 Å². The topological polar surface area (TPSA) is 76.6 Å². The van der Waals surface area contributed by atoms with Gasteiger partial charge in [0, 0.05) is 29.5 Å². The van der Waals surface area contributed by atoms with Gasteiger partial charge in [0.15, 0.2) is 0 Å². The maximum Gasteiger partial charge on any atom is 0.145 e. The molecule has 4 aromatic rings. The van der Waals surface area contributed by atoms with E-state index in [0.717, 1.165) is 40.2 Å². The van der Waals surface area contributed by atoms with Gasteiger partial charge in [-0.05, 0) is 52.6 Å². The van der Waals surface area contributed by atoms with Gasteiger partial charge in [0.1, 0.15) is 24.5 Å². The quantitative estimate of drug-likeness (QED) is 0.311. The molecule has 0 atom stereocenters. The van der Waals surface area contributed by atoms with E-state index < -0.39 is 5.41 Å². The highest BCUT2D eigenvalue weighted by atomic mass is 32.2. The third-order valence-electron chi connectivity index (χ3n) is 6.30. The van der Waals surface area contributed by atoms with E-state index >= 15 is 0 Å². The lowest BCUT2D eigenvalue weighted by atomic mass is 9.79. The zero-order valence-corrected chi connectivity index (χ0v) is 19.7. The fourth-order valence-corrected chi connectivity index (χ4v) is 4.97. The maximum absolute atomic E-state index is 10.2. The van der Waals surface area contributed by atoms with Crippen molar-refractivity contribution in [2.75, 3.05) is 24.9 Å². The highest BCUT2D eigenvalue weighted by Crippen LogP contribution is 2.40. The fraction of sp³-hybridized carbons (Fsp3) is 0.308. The normalized spacial score (nSPS) is 14.5. The molecule has 166 valence electrons. The van der Waals surface area contributed by atoms with Crippen molar-refractivity contribution in [2.24, 2.45) is 0 Å². The lowest BCUT2D eigenvalue weighted by Gasteiger charge is -2.21. The van der Waals surface area contributed by atoms with Crippen molar-refractivity contribution in [3.63, 3.8) is 0 Å². The van der Waals surface area contributed by atoms with Gasteiger partial charge in [-0.2, -0.15) is 5.26 Å². The Hall–Kier alpha value is -3.21. The van der Waals surface area contributed by atoms with Crippen molar-refractivity contribution in [3.8, 4) is 17.3 Å². The molecule has 0 saturated heterocycles. The van der Waals surface area contributed by atoms with Crippen LogP contribution in [0.2, 0.25) is 0 Å². The predicted molar refractivity (Wildman–Crippen MR) is 132 cm³/mol. The first-order valence-electron chi connectivity index (χ1n) is 11.0. The highest BCUT2D eigenvalue weighted by Gasteiger charge is 2.39. The Morgan fingerprint density at radius 1 is 1.12 bits per heavy atom. The lowest BCUT2D eigenvalue weighted by Crippen LogP contribution is -2.25. The lowest BCUT2D eigenvalue weighted by molar-refractivity contribution is 0.0924. The summed E-state index contributed by atoms with van der Waals surface area (Å²) in [5.41, 5.74) is 5.36. The van der Waals surface area contributed by atoms with Crippen molar-refractivity contribution >= 4 is 21.9 Å². The Morgan fingerprint density at radius 3 is 2.64 bits per heavy atom. The monoisotopic (exact) mass is 456 g/mol. The number of aromatic nitrogens is 4. The van der Waals surface area contributed by atoms with Gasteiger partial charge in [0.05, 0.1) is 36.3 Å². The number of ether oxygens (including phenoxy) is 1. The Balaban J connectivity index is 1.46. The number of hydrogen-bond acceptors (Lipinski definition) is 5. The Labute approximate surface area is 196 Å². The molecule has 7 heteroatoms. The first-order valence-corrected chi connectivity index (χ1v) is 13.2. The first kappa shape index (κ1) is 21.6. The van der Waals surface area contributed by atoms with Gasteiger partial charge in [0.2, 0.25) is 0 Å². The standard InChI is InChI=1S/C26H26N5OS/c1-33(2)10-9-32-18-31-8-7-23-24(29-17-30-25(23)31)21-11-22(15-28-14-21)26(16-27)12-19-5-3-4-6-20(19)13-26/h3-8,11,14-15,17H,9-10,12-13,18H2,1-2H3/q+1. The molecule has 0 bridgehead atoms. The molecular formula is C26H26N5OS+. The summed E-state index contributed by atoms with van der Waals surface area (Å²) < 4.78 is 7.85. The van der Waals surface area contributed by atoms with Crippen LogP contribution in [0.3, 0.4) is 0 Å². The molecule has 5 rings (SSSR count). The summed E-state index contributed by atoms with van der Waals surface area (Å²) >= 11 is 0. The number of nitriles is 1. The van der Waals surface area contributed by atoms with E-state index in [-0.39, 0.29) is 0 Å². The molecule has 6 nitrogen and oxygen atoms in total. The molecule has 33 heavy (non-hydrogen) atoms. The molecule has 3 aromatic heterocycles. The molecule has 0 amide bonds. The van der Waals surface area contributed by atoms with Gasteiger partial charge in [-0.1, -0.05) is 24.3 Å². The van der Waals surface area contributed by atoms with Crippen LogP contribution >= 0.6 is 0 Å². The molecular weight excluding hydrogens is 430 g/mol. The second-order valence-electron chi connectivity index (χ2n) is 8.75. The molecule has 1 aliphatic carbocycles. The van der Waals surface area contributed by atoms with Crippen molar-refractivity contribution in [1.82, 2.24) is 19.5 Å². The Bertz CT molecular complexity index is 1320.